The molecule has 1 aromatic heterocycles. The van der Waals surface area contributed by atoms with Crippen molar-refractivity contribution >= 4 is 22.9 Å². The van der Waals surface area contributed by atoms with Gasteiger partial charge in [-0.15, -0.1) is 11.3 Å². The monoisotopic (exact) mass is 328 g/mol. The first-order valence-corrected chi connectivity index (χ1v) is 9.00. The normalized spacial score (nSPS) is 15.5. The molecule has 2 heterocycles. The van der Waals surface area contributed by atoms with Crippen LogP contribution in [0, 0.1) is 5.41 Å². The largest absolute Gasteiger partial charge is 0.311 e. The summed E-state index contributed by atoms with van der Waals surface area (Å²) in [6.07, 6.45) is 0.954. The Hall–Kier alpha value is -1.65. The van der Waals surface area contributed by atoms with Crippen molar-refractivity contribution in [3.8, 4) is 0 Å². The van der Waals surface area contributed by atoms with E-state index < -0.39 is 0 Å². The van der Waals surface area contributed by atoms with E-state index in [1.165, 1.54) is 10.4 Å². The van der Waals surface area contributed by atoms with Gasteiger partial charge in [-0.25, -0.2) is 0 Å². The zero-order chi connectivity index (χ0) is 16.4. The molecule has 1 aliphatic heterocycles. The number of benzene rings is 1. The number of hydrogen-bond donors (Lipinski definition) is 1. The highest BCUT2D eigenvalue weighted by atomic mass is 32.1. The lowest BCUT2D eigenvalue weighted by atomic mass is 9.86. The van der Waals surface area contributed by atoms with Crippen LogP contribution in [0.3, 0.4) is 0 Å². The Kier molecular flexibility index (Phi) is 4.55. The van der Waals surface area contributed by atoms with Crippen LogP contribution in [-0.4, -0.2) is 19.0 Å². The standard InChI is InChI=1S/C19H24N2OS/c1-19(2,3)18(16-9-6-12-23-16)20-13-17(22)21-11-10-14-7-4-5-8-15(14)21/h4-9,12,18,20H,10-11,13H2,1-3H3. The minimum absolute atomic E-state index is 0.0635. The number of amides is 1. The zero-order valence-corrected chi connectivity index (χ0v) is 14.8. The number of thiophene rings is 1. The molecule has 2 aromatic rings. The SMILES string of the molecule is CC(C)(C)C(NCC(=O)N1CCc2ccccc21)c1cccs1. The van der Waals surface area contributed by atoms with E-state index in [4.69, 9.17) is 0 Å². The zero-order valence-electron chi connectivity index (χ0n) is 14.0. The van der Waals surface area contributed by atoms with E-state index in [0.717, 1.165) is 18.7 Å². The fourth-order valence-electron chi connectivity index (χ4n) is 3.17. The molecule has 122 valence electrons. The number of para-hydroxylation sites is 1. The van der Waals surface area contributed by atoms with Crippen LogP contribution in [0.4, 0.5) is 5.69 Å². The molecule has 0 aliphatic carbocycles. The maximum absolute atomic E-state index is 12.7. The van der Waals surface area contributed by atoms with Crippen molar-refractivity contribution in [3.05, 3.63) is 52.2 Å². The van der Waals surface area contributed by atoms with Crippen LogP contribution in [0.5, 0.6) is 0 Å². The third kappa shape index (κ3) is 3.48. The van der Waals surface area contributed by atoms with E-state index in [9.17, 15) is 4.79 Å². The number of rotatable bonds is 4. The van der Waals surface area contributed by atoms with Crippen molar-refractivity contribution in [2.45, 2.75) is 33.2 Å². The Morgan fingerprint density at radius 1 is 1.26 bits per heavy atom. The maximum atomic E-state index is 12.7. The second-order valence-corrected chi connectivity index (χ2v) is 8.10. The molecule has 0 saturated carbocycles. The lowest BCUT2D eigenvalue weighted by Gasteiger charge is -2.31. The highest BCUT2D eigenvalue weighted by Crippen LogP contribution is 2.35. The predicted molar refractivity (Wildman–Crippen MR) is 97.0 cm³/mol. The van der Waals surface area contributed by atoms with Crippen molar-refractivity contribution in [3.63, 3.8) is 0 Å². The third-order valence-corrected chi connectivity index (χ3v) is 5.28. The maximum Gasteiger partial charge on any atom is 0.240 e. The fraction of sp³-hybridized carbons (Fsp3) is 0.421. The van der Waals surface area contributed by atoms with Gasteiger partial charge in [0, 0.05) is 23.2 Å². The molecule has 4 heteroatoms. The Bertz CT molecular complexity index is 673. The van der Waals surface area contributed by atoms with Gasteiger partial charge in [-0.2, -0.15) is 0 Å². The summed E-state index contributed by atoms with van der Waals surface area (Å²) in [5, 5.41) is 5.58. The van der Waals surface area contributed by atoms with E-state index in [2.05, 4.69) is 49.7 Å². The summed E-state index contributed by atoms with van der Waals surface area (Å²) < 4.78 is 0. The molecule has 0 saturated heterocycles. The van der Waals surface area contributed by atoms with Gasteiger partial charge < -0.3 is 10.2 Å². The minimum atomic E-state index is 0.0635. The summed E-state index contributed by atoms with van der Waals surface area (Å²) in [5.41, 5.74) is 2.41. The predicted octanol–water partition coefficient (Wildman–Crippen LogP) is 4.01. The van der Waals surface area contributed by atoms with Gasteiger partial charge in [0.2, 0.25) is 5.91 Å². The molecular formula is C19H24N2OS. The smallest absolute Gasteiger partial charge is 0.240 e. The summed E-state index contributed by atoms with van der Waals surface area (Å²) in [4.78, 5) is 15.9. The van der Waals surface area contributed by atoms with Crippen LogP contribution >= 0.6 is 11.3 Å². The number of nitrogens with zero attached hydrogens (tertiary/aromatic N) is 1. The molecule has 1 aromatic carbocycles. The first kappa shape index (κ1) is 16.2. The van der Waals surface area contributed by atoms with E-state index in [-0.39, 0.29) is 17.4 Å². The molecule has 1 atom stereocenters. The fourth-order valence-corrected chi connectivity index (χ4v) is 4.22. The van der Waals surface area contributed by atoms with E-state index in [0.29, 0.717) is 6.54 Å². The molecule has 3 nitrogen and oxygen atoms in total. The second-order valence-electron chi connectivity index (χ2n) is 7.12. The second kappa shape index (κ2) is 6.46. The quantitative estimate of drug-likeness (QED) is 0.919. The molecule has 0 radical (unpaired) electrons. The van der Waals surface area contributed by atoms with Crippen LogP contribution in [0.25, 0.3) is 0 Å². The van der Waals surface area contributed by atoms with Crippen LogP contribution in [0.2, 0.25) is 0 Å². The van der Waals surface area contributed by atoms with E-state index >= 15 is 0 Å². The average Bonchev–Trinajstić information content (AvgIpc) is 3.15. The summed E-state index contributed by atoms with van der Waals surface area (Å²) >= 11 is 1.74. The van der Waals surface area contributed by atoms with Crippen molar-refractivity contribution in [1.29, 1.82) is 0 Å². The molecule has 1 N–H and O–H groups in total. The van der Waals surface area contributed by atoms with Crippen molar-refractivity contribution in [2.75, 3.05) is 18.0 Å². The first-order valence-electron chi connectivity index (χ1n) is 8.12. The number of carbonyl (C=O) groups excluding carboxylic acids is 1. The average molecular weight is 328 g/mol. The van der Waals surface area contributed by atoms with Gasteiger partial charge >= 0.3 is 0 Å². The number of anilines is 1. The molecule has 1 amide bonds. The molecule has 23 heavy (non-hydrogen) atoms. The summed E-state index contributed by atoms with van der Waals surface area (Å²) in [6, 6.07) is 12.6. The molecule has 0 fully saturated rings. The van der Waals surface area contributed by atoms with Crippen molar-refractivity contribution < 1.29 is 4.79 Å². The minimum Gasteiger partial charge on any atom is -0.311 e. The number of hydrogen-bond acceptors (Lipinski definition) is 3. The summed E-state index contributed by atoms with van der Waals surface area (Å²) in [5.74, 6) is 0.153. The van der Waals surface area contributed by atoms with Gasteiger partial charge in [0.15, 0.2) is 0 Å². The van der Waals surface area contributed by atoms with Crippen LogP contribution in [0.15, 0.2) is 41.8 Å². The lowest BCUT2D eigenvalue weighted by molar-refractivity contribution is -0.117. The van der Waals surface area contributed by atoms with Gasteiger partial charge in [-0.05, 0) is 34.9 Å². The van der Waals surface area contributed by atoms with Gasteiger partial charge in [-0.3, -0.25) is 4.79 Å². The molecule has 1 unspecified atom stereocenters. The molecule has 0 bridgehead atoms. The van der Waals surface area contributed by atoms with E-state index in [1.54, 1.807) is 11.3 Å². The molecule has 3 rings (SSSR count). The topological polar surface area (TPSA) is 32.3 Å². The van der Waals surface area contributed by atoms with Gasteiger partial charge in [0.25, 0.3) is 0 Å². The van der Waals surface area contributed by atoms with E-state index in [1.807, 2.05) is 23.1 Å². The summed E-state index contributed by atoms with van der Waals surface area (Å²) in [6.45, 7) is 7.78. The number of fused-ring (bicyclic) bond motifs is 1. The van der Waals surface area contributed by atoms with Crippen molar-refractivity contribution in [1.82, 2.24) is 5.32 Å². The molecule has 0 spiro atoms. The third-order valence-electron chi connectivity index (χ3n) is 4.34. The highest BCUT2D eigenvalue weighted by Gasteiger charge is 2.29. The van der Waals surface area contributed by atoms with Crippen LogP contribution in [0.1, 0.15) is 37.3 Å². The molecule has 1 aliphatic rings. The lowest BCUT2D eigenvalue weighted by Crippen LogP contribution is -2.41. The van der Waals surface area contributed by atoms with Crippen LogP contribution in [-0.2, 0) is 11.2 Å². The Balaban J connectivity index is 1.69. The number of carbonyl (C=O) groups is 1. The Morgan fingerprint density at radius 2 is 2.04 bits per heavy atom. The van der Waals surface area contributed by atoms with Gasteiger partial charge in [-0.1, -0.05) is 45.0 Å². The molecular weight excluding hydrogens is 304 g/mol. The van der Waals surface area contributed by atoms with Gasteiger partial charge in [0.1, 0.15) is 0 Å². The Morgan fingerprint density at radius 3 is 2.74 bits per heavy atom. The summed E-state index contributed by atoms with van der Waals surface area (Å²) in [7, 11) is 0. The highest BCUT2D eigenvalue weighted by molar-refractivity contribution is 7.10. The van der Waals surface area contributed by atoms with Crippen molar-refractivity contribution in [2.24, 2.45) is 5.41 Å². The number of nitrogens with one attached hydrogen (secondary N) is 1. The Labute approximate surface area is 142 Å². The van der Waals surface area contributed by atoms with Crippen LogP contribution < -0.4 is 10.2 Å². The van der Waals surface area contributed by atoms with Gasteiger partial charge in [0.05, 0.1) is 6.54 Å². The first-order chi connectivity index (χ1) is 11.0.